The summed E-state index contributed by atoms with van der Waals surface area (Å²) in [5.74, 6) is -1.90. The number of ether oxygens (including phenoxy) is 1. The fraction of sp³-hybridized carbons (Fsp3) is 0.348. The van der Waals surface area contributed by atoms with Crippen molar-refractivity contribution >= 4 is 33.4 Å². The lowest BCUT2D eigenvalue weighted by atomic mass is 10.1. The average molecular weight is 473 g/mol. The van der Waals surface area contributed by atoms with Crippen LogP contribution in [0.2, 0.25) is 0 Å². The van der Waals surface area contributed by atoms with Gasteiger partial charge in [0.25, 0.3) is 11.7 Å². The van der Waals surface area contributed by atoms with Crippen molar-refractivity contribution in [2.45, 2.75) is 36.6 Å². The molecule has 0 saturated carbocycles. The number of Topliss-reactive ketones (excluding diaryl/α,β-unsaturated/α-hetero) is 1. The third kappa shape index (κ3) is 4.62. The predicted octanol–water partition coefficient (Wildman–Crippen LogP) is 2.31. The van der Waals surface area contributed by atoms with E-state index in [1.807, 2.05) is 18.2 Å². The van der Waals surface area contributed by atoms with Gasteiger partial charge in [0.15, 0.2) is 0 Å². The van der Waals surface area contributed by atoms with Crippen LogP contribution in [0, 0.1) is 0 Å². The number of carbonyl (C=O) groups is 3. The number of hydrogen-bond acceptors (Lipinski definition) is 6. The topological polar surface area (TPSA) is 121 Å². The molecular formula is C23H24N2O7S. The van der Waals surface area contributed by atoms with Gasteiger partial charge in [-0.2, -0.15) is 4.31 Å². The number of aliphatic carboxylic acids is 1. The number of amides is 1. The van der Waals surface area contributed by atoms with Crippen molar-refractivity contribution in [1.29, 1.82) is 0 Å². The number of carboxylic acid groups (broad SMARTS) is 1. The van der Waals surface area contributed by atoms with Crippen LogP contribution in [0.3, 0.4) is 0 Å². The molecule has 0 aromatic heterocycles. The molecule has 0 radical (unpaired) electrons. The normalized spacial score (nSPS) is 18.5. The molecule has 1 atom stereocenters. The largest absolute Gasteiger partial charge is 0.492 e. The van der Waals surface area contributed by atoms with Crippen molar-refractivity contribution in [1.82, 2.24) is 4.31 Å². The Morgan fingerprint density at radius 2 is 1.88 bits per heavy atom. The van der Waals surface area contributed by atoms with Gasteiger partial charge in [-0.15, -0.1) is 0 Å². The Labute approximate surface area is 191 Å². The van der Waals surface area contributed by atoms with E-state index in [1.165, 1.54) is 27.4 Å². The molecule has 1 saturated heterocycles. The zero-order valence-corrected chi connectivity index (χ0v) is 18.7. The first-order valence-corrected chi connectivity index (χ1v) is 12.1. The highest BCUT2D eigenvalue weighted by molar-refractivity contribution is 7.89. The number of carbonyl (C=O) groups excluding carboxylic acids is 2. The number of carboxylic acids is 1. The van der Waals surface area contributed by atoms with Gasteiger partial charge < -0.3 is 14.7 Å². The van der Waals surface area contributed by atoms with Crippen molar-refractivity contribution in [3.05, 3.63) is 54.1 Å². The van der Waals surface area contributed by atoms with Crippen molar-refractivity contribution < 1.29 is 32.6 Å². The molecule has 1 amide bonds. The molecule has 4 rings (SSSR count). The lowest BCUT2D eigenvalue weighted by molar-refractivity contribution is -0.137. The van der Waals surface area contributed by atoms with Crippen LogP contribution >= 0.6 is 0 Å². The van der Waals surface area contributed by atoms with E-state index < -0.39 is 27.7 Å². The molecule has 1 N–H and O–H groups in total. The summed E-state index contributed by atoms with van der Waals surface area (Å²) >= 11 is 0. The fourth-order valence-electron chi connectivity index (χ4n) is 4.19. The maximum atomic E-state index is 13.4. The molecule has 10 heteroatoms. The molecule has 0 aliphatic carbocycles. The van der Waals surface area contributed by atoms with Crippen LogP contribution in [0.25, 0.3) is 0 Å². The molecule has 2 aliphatic rings. The monoisotopic (exact) mass is 472 g/mol. The Morgan fingerprint density at radius 1 is 1.12 bits per heavy atom. The highest BCUT2D eigenvalue weighted by atomic mass is 32.2. The molecule has 1 fully saturated rings. The van der Waals surface area contributed by atoms with Crippen molar-refractivity contribution in [2.75, 3.05) is 24.6 Å². The number of rotatable bonds is 9. The molecule has 174 valence electrons. The molecule has 0 bridgehead atoms. The van der Waals surface area contributed by atoms with Gasteiger partial charge in [-0.1, -0.05) is 18.2 Å². The van der Waals surface area contributed by atoms with E-state index in [0.717, 1.165) is 0 Å². The highest BCUT2D eigenvalue weighted by Crippen LogP contribution is 2.34. The maximum Gasteiger partial charge on any atom is 0.303 e. The van der Waals surface area contributed by atoms with E-state index in [2.05, 4.69) is 0 Å². The van der Waals surface area contributed by atoms with Gasteiger partial charge in [-0.05, 0) is 49.6 Å². The van der Waals surface area contributed by atoms with Gasteiger partial charge in [0.2, 0.25) is 10.0 Å². The quantitative estimate of drug-likeness (QED) is 0.556. The summed E-state index contributed by atoms with van der Waals surface area (Å²) in [5.41, 5.74) is 0.326. The number of sulfonamides is 1. The first kappa shape index (κ1) is 22.9. The molecule has 0 spiro atoms. The third-order valence-electron chi connectivity index (χ3n) is 5.83. The standard InChI is InChI=1S/C23H24N2O7S/c26-21(27)9-5-12-24-20-11-10-18(14-19(20)22(28)23(24)29)33(30,31)25-13-4-6-16(25)15-32-17-7-2-1-3-8-17/h1-3,7-8,10-11,14,16H,4-6,9,12-13,15H2,(H,26,27)/t16-/m0/s1. The Kier molecular flexibility index (Phi) is 6.48. The van der Waals surface area contributed by atoms with Crippen LogP contribution in [-0.4, -0.2) is 61.2 Å². The third-order valence-corrected chi connectivity index (χ3v) is 7.78. The molecule has 2 aliphatic heterocycles. The molecular weight excluding hydrogens is 448 g/mol. The lowest BCUT2D eigenvalue weighted by Gasteiger charge is -2.24. The second-order valence-electron chi connectivity index (χ2n) is 8.00. The molecule has 9 nitrogen and oxygen atoms in total. The van der Waals surface area contributed by atoms with Crippen LogP contribution in [0.5, 0.6) is 5.75 Å². The SMILES string of the molecule is O=C(O)CCCN1C(=O)C(=O)c2cc(S(=O)(=O)N3CCC[C@H]3COc3ccccc3)ccc21. The molecule has 33 heavy (non-hydrogen) atoms. The number of benzene rings is 2. The summed E-state index contributed by atoms with van der Waals surface area (Å²) in [6, 6.07) is 12.9. The van der Waals surface area contributed by atoms with E-state index in [0.29, 0.717) is 30.8 Å². The van der Waals surface area contributed by atoms with Crippen molar-refractivity contribution in [3.8, 4) is 5.75 Å². The fourth-order valence-corrected chi connectivity index (χ4v) is 5.89. The summed E-state index contributed by atoms with van der Waals surface area (Å²) in [4.78, 5) is 36.8. The molecule has 2 aromatic carbocycles. The van der Waals surface area contributed by atoms with Gasteiger partial charge in [-0.25, -0.2) is 8.42 Å². The van der Waals surface area contributed by atoms with Gasteiger partial charge >= 0.3 is 5.97 Å². The van der Waals surface area contributed by atoms with Crippen molar-refractivity contribution in [2.24, 2.45) is 0 Å². The minimum atomic E-state index is -3.91. The first-order valence-electron chi connectivity index (χ1n) is 10.7. The van der Waals surface area contributed by atoms with E-state index >= 15 is 0 Å². The Hall–Kier alpha value is -3.24. The second-order valence-corrected chi connectivity index (χ2v) is 9.89. The van der Waals surface area contributed by atoms with E-state index in [9.17, 15) is 22.8 Å². The smallest absolute Gasteiger partial charge is 0.303 e. The lowest BCUT2D eigenvalue weighted by Crippen LogP contribution is -2.39. The summed E-state index contributed by atoms with van der Waals surface area (Å²) in [6.45, 7) is 0.625. The Bertz CT molecular complexity index is 1180. The Morgan fingerprint density at radius 3 is 2.61 bits per heavy atom. The van der Waals surface area contributed by atoms with E-state index in [1.54, 1.807) is 12.1 Å². The van der Waals surface area contributed by atoms with E-state index in [-0.39, 0.29) is 42.5 Å². The van der Waals surface area contributed by atoms with E-state index in [4.69, 9.17) is 9.84 Å². The van der Waals surface area contributed by atoms with Gasteiger partial charge in [0.05, 0.1) is 22.2 Å². The average Bonchev–Trinajstić information content (AvgIpc) is 3.37. The van der Waals surface area contributed by atoms with Gasteiger partial charge in [-0.3, -0.25) is 14.4 Å². The maximum absolute atomic E-state index is 13.4. The number of nitrogens with zero attached hydrogens (tertiary/aromatic N) is 2. The summed E-state index contributed by atoms with van der Waals surface area (Å²) in [6.07, 6.45) is 1.40. The van der Waals surface area contributed by atoms with Crippen molar-refractivity contribution in [3.63, 3.8) is 0 Å². The highest BCUT2D eigenvalue weighted by Gasteiger charge is 2.39. The minimum Gasteiger partial charge on any atom is -0.492 e. The number of hydrogen-bond donors (Lipinski definition) is 1. The summed E-state index contributed by atoms with van der Waals surface area (Å²) in [7, 11) is -3.91. The number of fused-ring (bicyclic) bond motifs is 1. The van der Waals surface area contributed by atoms with Gasteiger partial charge in [0, 0.05) is 19.5 Å². The Balaban J connectivity index is 1.53. The van der Waals surface area contributed by atoms with Crippen LogP contribution in [0.4, 0.5) is 5.69 Å². The number of ketones is 1. The predicted molar refractivity (Wildman–Crippen MR) is 119 cm³/mol. The van der Waals surface area contributed by atoms with Crippen LogP contribution in [0.1, 0.15) is 36.0 Å². The van der Waals surface area contributed by atoms with Crippen LogP contribution in [0.15, 0.2) is 53.4 Å². The zero-order valence-electron chi connectivity index (χ0n) is 17.8. The van der Waals surface area contributed by atoms with Gasteiger partial charge in [0.1, 0.15) is 12.4 Å². The molecule has 0 unspecified atom stereocenters. The van der Waals surface area contributed by atoms with Crippen LogP contribution in [-0.2, 0) is 19.6 Å². The number of anilines is 1. The molecule has 2 aromatic rings. The summed E-state index contributed by atoms with van der Waals surface area (Å²) < 4.78 is 33.9. The number of para-hydroxylation sites is 1. The minimum absolute atomic E-state index is 0.0210. The second kappa shape index (κ2) is 9.32. The molecule has 2 heterocycles. The first-order chi connectivity index (χ1) is 15.8. The summed E-state index contributed by atoms with van der Waals surface area (Å²) in [5, 5.41) is 8.80. The zero-order chi connectivity index (χ0) is 23.6. The van der Waals surface area contributed by atoms with Crippen LogP contribution < -0.4 is 9.64 Å².